The zero-order chi connectivity index (χ0) is 16.0. The third kappa shape index (κ3) is 2.32. The molecule has 2 aliphatic heterocycles. The summed E-state index contributed by atoms with van der Waals surface area (Å²) in [5, 5.41) is 0. The Labute approximate surface area is 139 Å². The summed E-state index contributed by atoms with van der Waals surface area (Å²) >= 11 is 1.58. The average molecular weight is 327 g/mol. The highest BCUT2D eigenvalue weighted by molar-refractivity contribution is 7.99. The number of likely N-dealkylation sites (tertiary alicyclic amines) is 1. The van der Waals surface area contributed by atoms with Crippen LogP contribution >= 0.6 is 11.8 Å². The standard InChI is InChI=1S/C19H18FNOS/c1-21-10-8-19(9-11-21)15-4-2-3-5-17(15)23-16-7-6-13(20)12-14(16)18(19)22/h2-7,12H,8-11H2,1H3. The van der Waals surface area contributed by atoms with Crippen molar-refractivity contribution in [2.75, 3.05) is 20.1 Å². The second kappa shape index (κ2) is 5.46. The summed E-state index contributed by atoms with van der Waals surface area (Å²) in [6.07, 6.45) is 1.58. The van der Waals surface area contributed by atoms with Crippen LogP contribution in [0.2, 0.25) is 0 Å². The van der Waals surface area contributed by atoms with Gasteiger partial charge in [0.1, 0.15) is 5.82 Å². The van der Waals surface area contributed by atoms with Gasteiger partial charge in [0.15, 0.2) is 5.78 Å². The molecule has 0 N–H and O–H groups in total. The van der Waals surface area contributed by atoms with Gasteiger partial charge in [0, 0.05) is 15.4 Å². The summed E-state index contributed by atoms with van der Waals surface area (Å²) in [5.41, 5.74) is 1.13. The topological polar surface area (TPSA) is 20.3 Å². The largest absolute Gasteiger partial charge is 0.306 e. The molecule has 0 aromatic heterocycles. The predicted molar refractivity (Wildman–Crippen MR) is 89.7 cm³/mol. The fourth-order valence-corrected chi connectivity index (χ4v) is 4.87. The highest BCUT2D eigenvalue weighted by atomic mass is 32.2. The lowest BCUT2D eigenvalue weighted by Crippen LogP contribution is -2.46. The molecule has 23 heavy (non-hydrogen) atoms. The highest BCUT2D eigenvalue weighted by Gasteiger charge is 2.46. The van der Waals surface area contributed by atoms with E-state index < -0.39 is 5.41 Å². The number of Topliss-reactive ketones (excluding diaryl/α,β-unsaturated/α-hetero) is 1. The maximum absolute atomic E-state index is 13.8. The number of nitrogens with zero attached hydrogens (tertiary/aromatic N) is 1. The summed E-state index contributed by atoms with van der Waals surface area (Å²) < 4.78 is 13.8. The lowest BCUT2D eigenvalue weighted by Gasteiger charge is -2.40. The number of halogens is 1. The van der Waals surface area contributed by atoms with E-state index in [0.717, 1.165) is 41.3 Å². The third-order valence-corrected chi connectivity index (χ3v) is 6.24. The molecular weight excluding hydrogens is 309 g/mol. The van der Waals surface area contributed by atoms with E-state index in [0.29, 0.717) is 5.56 Å². The Bertz CT molecular complexity index is 781. The van der Waals surface area contributed by atoms with Crippen LogP contribution in [0.25, 0.3) is 0 Å². The molecule has 4 heteroatoms. The van der Waals surface area contributed by atoms with Gasteiger partial charge in [0.2, 0.25) is 0 Å². The summed E-state index contributed by atoms with van der Waals surface area (Å²) in [6, 6.07) is 12.7. The first-order valence-electron chi connectivity index (χ1n) is 7.90. The maximum atomic E-state index is 13.8. The predicted octanol–water partition coefficient (Wildman–Crippen LogP) is 4.14. The number of carbonyl (C=O) groups excluding carboxylic acids is 1. The molecule has 2 aromatic carbocycles. The van der Waals surface area contributed by atoms with E-state index in [2.05, 4.69) is 24.1 Å². The molecule has 2 aliphatic rings. The first-order valence-corrected chi connectivity index (χ1v) is 8.72. The summed E-state index contributed by atoms with van der Waals surface area (Å²) in [5.74, 6) is -0.260. The van der Waals surface area contributed by atoms with Crippen molar-refractivity contribution in [1.29, 1.82) is 0 Å². The van der Waals surface area contributed by atoms with E-state index >= 15 is 0 Å². The molecule has 1 spiro atoms. The first-order chi connectivity index (χ1) is 11.1. The van der Waals surface area contributed by atoms with Crippen LogP contribution in [0.15, 0.2) is 52.3 Å². The molecule has 0 aliphatic carbocycles. The normalized spacial score (nSPS) is 20.0. The molecule has 0 unspecified atom stereocenters. The van der Waals surface area contributed by atoms with Crippen LogP contribution in [0.5, 0.6) is 0 Å². The number of hydrogen-bond acceptors (Lipinski definition) is 3. The van der Waals surface area contributed by atoms with Gasteiger partial charge in [-0.3, -0.25) is 4.79 Å². The molecule has 0 atom stereocenters. The maximum Gasteiger partial charge on any atom is 0.174 e. The quantitative estimate of drug-likeness (QED) is 0.725. The van der Waals surface area contributed by atoms with E-state index in [-0.39, 0.29) is 11.6 Å². The average Bonchev–Trinajstić information content (AvgIpc) is 2.66. The van der Waals surface area contributed by atoms with E-state index in [4.69, 9.17) is 0 Å². The molecule has 118 valence electrons. The van der Waals surface area contributed by atoms with Crippen molar-refractivity contribution >= 4 is 17.5 Å². The lowest BCUT2D eigenvalue weighted by atomic mass is 9.68. The van der Waals surface area contributed by atoms with Gasteiger partial charge < -0.3 is 4.90 Å². The second-order valence-corrected chi connectivity index (χ2v) is 7.54. The smallest absolute Gasteiger partial charge is 0.174 e. The highest BCUT2D eigenvalue weighted by Crippen LogP contribution is 2.48. The van der Waals surface area contributed by atoms with Crippen LogP contribution < -0.4 is 0 Å². The minimum atomic E-state index is -0.519. The van der Waals surface area contributed by atoms with E-state index in [1.165, 1.54) is 12.1 Å². The Hall–Kier alpha value is -1.65. The molecular formula is C19H18FNOS. The summed E-state index contributed by atoms with van der Waals surface area (Å²) in [7, 11) is 2.09. The molecule has 2 heterocycles. The fourth-order valence-electron chi connectivity index (χ4n) is 3.71. The molecule has 1 fully saturated rings. The van der Waals surface area contributed by atoms with Gasteiger partial charge in [-0.15, -0.1) is 0 Å². The molecule has 0 radical (unpaired) electrons. The van der Waals surface area contributed by atoms with Crippen molar-refractivity contribution in [2.24, 2.45) is 0 Å². The SMILES string of the molecule is CN1CCC2(CC1)C(=O)c1cc(F)ccc1Sc1ccccc12. The van der Waals surface area contributed by atoms with Crippen LogP contribution in [-0.4, -0.2) is 30.8 Å². The van der Waals surface area contributed by atoms with Gasteiger partial charge in [-0.25, -0.2) is 4.39 Å². The van der Waals surface area contributed by atoms with Crippen LogP contribution in [0, 0.1) is 5.82 Å². The van der Waals surface area contributed by atoms with Crippen molar-refractivity contribution in [3.8, 4) is 0 Å². The van der Waals surface area contributed by atoms with Crippen LogP contribution in [-0.2, 0) is 5.41 Å². The molecule has 0 bridgehead atoms. The van der Waals surface area contributed by atoms with Gasteiger partial charge in [-0.05, 0) is 62.8 Å². The third-order valence-electron chi connectivity index (χ3n) is 5.08. The van der Waals surface area contributed by atoms with E-state index in [1.807, 2.05) is 12.1 Å². The number of fused-ring (bicyclic) bond motifs is 3. The number of piperidine rings is 1. The Balaban J connectivity index is 1.95. The Morgan fingerprint density at radius 1 is 1.09 bits per heavy atom. The Kier molecular flexibility index (Phi) is 3.54. The zero-order valence-corrected chi connectivity index (χ0v) is 13.8. The Morgan fingerprint density at radius 2 is 1.83 bits per heavy atom. The van der Waals surface area contributed by atoms with E-state index in [1.54, 1.807) is 17.8 Å². The number of rotatable bonds is 0. The van der Waals surface area contributed by atoms with Gasteiger partial charge in [-0.1, -0.05) is 30.0 Å². The number of benzene rings is 2. The number of ketones is 1. The van der Waals surface area contributed by atoms with Gasteiger partial charge in [0.05, 0.1) is 5.41 Å². The second-order valence-electron chi connectivity index (χ2n) is 6.45. The monoisotopic (exact) mass is 327 g/mol. The molecule has 2 aromatic rings. The summed E-state index contributed by atoms with van der Waals surface area (Å²) in [4.78, 5) is 17.7. The van der Waals surface area contributed by atoms with Gasteiger partial charge >= 0.3 is 0 Å². The van der Waals surface area contributed by atoms with Crippen LogP contribution in [0.1, 0.15) is 28.8 Å². The molecule has 0 saturated carbocycles. The van der Waals surface area contributed by atoms with Crippen molar-refractivity contribution in [1.82, 2.24) is 4.90 Å². The summed E-state index contributed by atoms with van der Waals surface area (Å²) in [6.45, 7) is 1.77. The van der Waals surface area contributed by atoms with Crippen LogP contribution in [0.3, 0.4) is 0 Å². The van der Waals surface area contributed by atoms with E-state index in [9.17, 15) is 9.18 Å². The minimum Gasteiger partial charge on any atom is -0.306 e. The molecule has 2 nitrogen and oxygen atoms in total. The fraction of sp³-hybridized carbons (Fsp3) is 0.316. The first kappa shape index (κ1) is 14.9. The minimum absolute atomic E-state index is 0.0811. The van der Waals surface area contributed by atoms with Crippen molar-refractivity contribution in [3.63, 3.8) is 0 Å². The number of carbonyl (C=O) groups is 1. The lowest BCUT2D eigenvalue weighted by molar-refractivity contribution is 0.0787. The Morgan fingerprint density at radius 3 is 2.61 bits per heavy atom. The van der Waals surface area contributed by atoms with Gasteiger partial charge in [0.25, 0.3) is 0 Å². The van der Waals surface area contributed by atoms with Crippen molar-refractivity contribution in [2.45, 2.75) is 28.0 Å². The molecule has 1 saturated heterocycles. The molecule has 0 amide bonds. The molecule has 4 rings (SSSR count). The zero-order valence-electron chi connectivity index (χ0n) is 13.0. The van der Waals surface area contributed by atoms with Crippen LogP contribution in [0.4, 0.5) is 4.39 Å². The van der Waals surface area contributed by atoms with Crippen molar-refractivity contribution in [3.05, 3.63) is 59.4 Å². The number of hydrogen-bond donors (Lipinski definition) is 0. The van der Waals surface area contributed by atoms with Gasteiger partial charge in [-0.2, -0.15) is 0 Å². The van der Waals surface area contributed by atoms with Crippen molar-refractivity contribution < 1.29 is 9.18 Å².